The molecule has 1 atom stereocenters. The molecule has 0 amide bonds. The maximum absolute atomic E-state index is 6.72. The molecule has 5 aromatic carbocycles. The van der Waals surface area contributed by atoms with Gasteiger partial charge in [-0.1, -0.05) is 133 Å². The summed E-state index contributed by atoms with van der Waals surface area (Å²) in [6.45, 7) is 0. The van der Waals surface area contributed by atoms with E-state index in [-0.39, 0.29) is 5.92 Å². The van der Waals surface area contributed by atoms with Crippen LogP contribution in [0.25, 0.3) is 61.0 Å². The number of furan rings is 1. The van der Waals surface area contributed by atoms with Gasteiger partial charge < -0.3 is 4.42 Å². The zero-order valence-corrected chi connectivity index (χ0v) is 28.2. The zero-order chi connectivity index (χ0) is 33.7. The Hall–Kier alpha value is -6.13. The largest absolute Gasteiger partial charge is 0.456 e. The third-order valence-electron chi connectivity index (χ3n) is 10.7. The van der Waals surface area contributed by atoms with Gasteiger partial charge in [0.25, 0.3) is 0 Å². The van der Waals surface area contributed by atoms with Crippen LogP contribution in [0.1, 0.15) is 60.1 Å². The van der Waals surface area contributed by atoms with Crippen molar-refractivity contribution in [2.75, 3.05) is 0 Å². The molecule has 4 nitrogen and oxygen atoms in total. The van der Waals surface area contributed by atoms with Gasteiger partial charge >= 0.3 is 0 Å². The second kappa shape index (κ2) is 12.3. The zero-order valence-electron chi connectivity index (χ0n) is 28.2. The highest BCUT2D eigenvalue weighted by Crippen LogP contribution is 2.48. The highest BCUT2D eigenvalue weighted by atomic mass is 16.3. The van der Waals surface area contributed by atoms with Crippen molar-refractivity contribution in [2.24, 2.45) is 0 Å². The van der Waals surface area contributed by atoms with E-state index in [4.69, 9.17) is 19.4 Å². The van der Waals surface area contributed by atoms with Gasteiger partial charge in [-0.15, -0.1) is 0 Å². The normalized spacial score (nSPS) is 16.9. The van der Waals surface area contributed by atoms with Crippen molar-refractivity contribution in [1.29, 1.82) is 0 Å². The summed E-state index contributed by atoms with van der Waals surface area (Å²) in [6, 6.07) is 42.8. The summed E-state index contributed by atoms with van der Waals surface area (Å²) in [4.78, 5) is 15.7. The maximum atomic E-state index is 6.72. The van der Waals surface area contributed by atoms with Gasteiger partial charge in [0.1, 0.15) is 17.2 Å². The van der Waals surface area contributed by atoms with E-state index in [1.807, 2.05) is 6.07 Å². The molecule has 3 aliphatic carbocycles. The summed E-state index contributed by atoms with van der Waals surface area (Å²) < 4.78 is 6.72. The molecule has 0 bridgehead atoms. The van der Waals surface area contributed by atoms with Crippen LogP contribution in [0.3, 0.4) is 0 Å². The molecular formula is C47H35N3O. The first-order chi connectivity index (χ1) is 25.3. The Morgan fingerprint density at radius 1 is 0.588 bits per heavy atom. The number of hydrogen-bond donors (Lipinski definition) is 0. The molecule has 0 N–H and O–H groups in total. The number of fused-ring (bicyclic) bond motifs is 5. The molecule has 51 heavy (non-hydrogen) atoms. The van der Waals surface area contributed by atoms with Gasteiger partial charge in [0.15, 0.2) is 11.6 Å². The average molecular weight is 658 g/mol. The smallest absolute Gasteiger partial charge is 0.163 e. The van der Waals surface area contributed by atoms with Crippen molar-refractivity contribution in [3.8, 4) is 22.5 Å². The Morgan fingerprint density at radius 2 is 1.33 bits per heavy atom. The lowest BCUT2D eigenvalue weighted by Crippen LogP contribution is -2.19. The van der Waals surface area contributed by atoms with E-state index in [0.717, 1.165) is 72.1 Å². The molecular weight excluding hydrogens is 623 g/mol. The average Bonchev–Trinajstić information content (AvgIpc) is 3.59. The highest BCUT2D eigenvalue weighted by molar-refractivity contribution is 6.00. The minimum Gasteiger partial charge on any atom is -0.456 e. The fourth-order valence-corrected chi connectivity index (χ4v) is 8.16. The predicted octanol–water partition coefficient (Wildman–Crippen LogP) is 11.8. The Balaban J connectivity index is 1.11. The highest BCUT2D eigenvalue weighted by Gasteiger charge is 2.35. The van der Waals surface area contributed by atoms with Gasteiger partial charge in [0.2, 0.25) is 0 Å². The topological polar surface area (TPSA) is 51.8 Å². The molecule has 0 saturated heterocycles. The number of nitrogens with zero attached hydrogens (tertiary/aromatic N) is 3. The quantitative estimate of drug-likeness (QED) is 0.185. The van der Waals surface area contributed by atoms with Gasteiger partial charge in [-0.3, -0.25) is 0 Å². The minimum absolute atomic E-state index is 0.0186. The van der Waals surface area contributed by atoms with Crippen molar-refractivity contribution in [2.45, 2.75) is 38.0 Å². The molecule has 0 radical (unpaired) electrons. The fourth-order valence-electron chi connectivity index (χ4n) is 8.16. The van der Waals surface area contributed by atoms with E-state index in [1.54, 1.807) is 0 Å². The molecule has 7 aromatic rings. The van der Waals surface area contributed by atoms with Crippen molar-refractivity contribution in [3.05, 3.63) is 180 Å². The van der Waals surface area contributed by atoms with Crippen LogP contribution in [0.2, 0.25) is 0 Å². The van der Waals surface area contributed by atoms with Gasteiger partial charge in [0.05, 0.1) is 0 Å². The Kier molecular flexibility index (Phi) is 7.19. The second-order valence-corrected chi connectivity index (χ2v) is 13.7. The van der Waals surface area contributed by atoms with Crippen LogP contribution in [0.15, 0.2) is 156 Å². The Bertz CT molecular complexity index is 2600. The summed E-state index contributed by atoms with van der Waals surface area (Å²) in [5, 5.41) is 3.67. The van der Waals surface area contributed by atoms with Crippen molar-refractivity contribution < 1.29 is 4.42 Å². The summed E-state index contributed by atoms with van der Waals surface area (Å²) in [5.74, 6) is 3.32. The number of rotatable bonds is 5. The summed E-state index contributed by atoms with van der Waals surface area (Å²) in [6.07, 6.45) is 13.5. The van der Waals surface area contributed by atoms with E-state index >= 15 is 0 Å². The van der Waals surface area contributed by atoms with Crippen LogP contribution in [0.5, 0.6) is 0 Å². The summed E-state index contributed by atoms with van der Waals surface area (Å²) >= 11 is 0. The molecule has 1 unspecified atom stereocenters. The lowest BCUT2D eigenvalue weighted by Gasteiger charge is -2.28. The van der Waals surface area contributed by atoms with E-state index in [2.05, 4.69) is 140 Å². The van der Waals surface area contributed by atoms with Crippen LogP contribution >= 0.6 is 0 Å². The maximum Gasteiger partial charge on any atom is 0.163 e. The number of aromatic nitrogens is 3. The standard InChI is InChI=1S/C47H35N3O/c1-3-12-30(13-4-1)31-22-24-34(25-23-31)46-48-45(33-15-5-2-6-16-33)49-47(50-46)42-29-41-40-28-35(37-21-11-17-32-14-7-8-18-36(32)37)26-27-43(40)51-44(41)39-20-10-9-19-38(39)42/h1-9,11-19,21-22,24,26-28,42H,10,20,23,25,29H2. The molecule has 4 heteroatoms. The number of hydrogen-bond acceptors (Lipinski definition) is 4. The lowest BCUT2D eigenvalue weighted by atomic mass is 9.77. The minimum atomic E-state index is -0.0186. The first-order valence-corrected chi connectivity index (χ1v) is 18.0. The molecule has 2 aromatic heterocycles. The molecule has 0 saturated carbocycles. The first kappa shape index (κ1) is 29.8. The van der Waals surface area contributed by atoms with Gasteiger partial charge in [0, 0.05) is 22.4 Å². The van der Waals surface area contributed by atoms with Crippen molar-refractivity contribution in [1.82, 2.24) is 15.0 Å². The van der Waals surface area contributed by atoms with Crippen LogP contribution in [-0.4, -0.2) is 15.0 Å². The fraction of sp³-hybridized carbons (Fsp3) is 0.128. The van der Waals surface area contributed by atoms with Gasteiger partial charge in [-0.05, 0) is 94.0 Å². The SMILES string of the molecule is C1=CC2=C(CC1)c1oc3ccc(-c4cccc5ccccc45)cc3c1CC2c1nc(C2=CC=C(c3ccccc3)CC2)nc(-c2ccccc2)n1. The van der Waals surface area contributed by atoms with Gasteiger partial charge in [-0.25, -0.2) is 15.0 Å². The van der Waals surface area contributed by atoms with Crippen molar-refractivity contribution in [3.63, 3.8) is 0 Å². The molecule has 10 rings (SSSR count). The molecule has 0 aliphatic heterocycles. The van der Waals surface area contributed by atoms with Crippen LogP contribution in [-0.2, 0) is 6.42 Å². The van der Waals surface area contributed by atoms with Gasteiger partial charge in [-0.2, -0.15) is 0 Å². The van der Waals surface area contributed by atoms with Crippen LogP contribution in [0.4, 0.5) is 0 Å². The molecule has 0 fully saturated rings. The lowest BCUT2D eigenvalue weighted by molar-refractivity contribution is 0.574. The van der Waals surface area contributed by atoms with Crippen molar-refractivity contribution >= 4 is 38.5 Å². The third-order valence-corrected chi connectivity index (χ3v) is 10.7. The van der Waals surface area contributed by atoms with E-state index in [1.165, 1.54) is 55.1 Å². The molecule has 244 valence electrons. The van der Waals surface area contributed by atoms with E-state index < -0.39 is 0 Å². The predicted molar refractivity (Wildman–Crippen MR) is 208 cm³/mol. The first-order valence-electron chi connectivity index (χ1n) is 18.0. The van der Waals surface area contributed by atoms with E-state index in [9.17, 15) is 0 Å². The number of allylic oxidation sites excluding steroid dienone is 8. The summed E-state index contributed by atoms with van der Waals surface area (Å²) in [5.41, 5.74) is 11.9. The molecule has 2 heterocycles. The van der Waals surface area contributed by atoms with Crippen LogP contribution < -0.4 is 0 Å². The third kappa shape index (κ3) is 5.26. The number of benzene rings is 5. The molecule has 0 spiro atoms. The second-order valence-electron chi connectivity index (χ2n) is 13.7. The summed E-state index contributed by atoms with van der Waals surface area (Å²) in [7, 11) is 0. The van der Waals surface area contributed by atoms with Crippen LogP contribution in [0, 0.1) is 0 Å². The Morgan fingerprint density at radius 3 is 2.18 bits per heavy atom. The molecule has 3 aliphatic rings. The Labute approximate surface area is 297 Å². The van der Waals surface area contributed by atoms with E-state index in [0.29, 0.717) is 0 Å². The monoisotopic (exact) mass is 657 g/mol.